The highest BCUT2D eigenvalue weighted by atomic mass is 15.2. The van der Waals surface area contributed by atoms with Crippen molar-refractivity contribution < 1.29 is 0 Å². The SMILES string of the molecule is c1ccc2c(C(CN3CCNCC3)C3CCCCCC3)cccc2c1. The van der Waals surface area contributed by atoms with E-state index in [-0.39, 0.29) is 0 Å². The Bertz CT molecular complexity index is 661. The molecule has 1 saturated carbocycles. The predicted molar refractivity (Wildman–Crippen MR) is 107 cm³/mol. The summed E-state index contributed by atoms with van der Waals surface area (Å²) in [6.07, 6.45) is 8.56. The van der Waals surface area contributed by atoms with Crippen LogP contribution in [0.2, 0.25) is 0 Å². The normalized spacial score (nSPS) is 21.9. The van der Waals surface area contributed by atoms with Crippen molar-refractivity contribution in [3.05, 3.63) is 48.0 Å². The Balaban J connectivity index is 1.67. The molecule has 2 aromatic carbocycles. The number of hydrogen-bond donors (Lipinski definition) is 1. The van der Waals surface area contributed by atoms with E-state index in [9.17, 15) is 0 Å². The molecule has 25 heavy (non-hydrogen) atoms. The molecule has 2 aliphatic rings. The van der Waals surface area contributed by atoms with Crippen LogP contribution in [0.1, 0.15) is 50.0 Å². The van der Waals surface area contributed by atoms with E-state index in [1.54, 1.807) is 5.56 Å². The Morgan fingerprint density at radius 2 is 1.60 bits per heavy atom. The molecule has 0 spiro atoms. The maximum Gasteiger partial charge on any atom is 0.0108 e. The van der Waals surface area contributed by atoms with Gasteiger partial charge in [0.25, 0.3) is 0 Å². The summed E-state index contributed by atoms with van der Waals surface area (Å²) in [6, 6.07) is 16.0. The lowest BCUT2D eigenvalue weighted by atomic mass is 9.79. The van der Waals surface area contributed by atoms with Gasteiger partial charge >= 0.3 is 0 Å². The van der Waals surface area contributed by atoms with Crippen molar-refractivity contribution >= 4 is 10.8 Å². The average molecular weight is 337 g/mol. The van der Waals surface area contributed by atoms with Crippen LogP contribution in [-0.2, 0) is 0 Å². The number of hydrogen-bond acceptors (Lipinski definition) is 2. The van der Waals surface area contributed by atoms with Crippen molar-refractivity contribution in [1.82, 2.24) is 10.2 Å². The Morgan fingerprint density at radius 3 is 2.40 bits per heavy atom. The van der Waals surface area contributed by atoms with Gasteiger partial charge < -0.3 is 10.2 Å². The Hall–Kier alpha value is -1.38. The minimum absolute atomic E-state index is 0.683. The van der Waals surface area contributed by atoms with Crippen molar-refractivity contribution in [1.29, 1.82) is 0 Å². The van der Waals surface area contributed by atoms with Gasteiger partial charge in [0.1, 0.15) is 0 Å². The highest BCUT2D eigenvalue weighted by molar-refractivity contribution is 5.86. The predicted octanol–water partition coefficient (Wildman–Crippen LogP) is 4.80. The standard InChI is InChI=1S/C23H32N2/c1-2-4-9-20(8-3-1)23(18-25-16-14-24-15-17-25)22-13-7-11-19-10-5-6-12-21(19)22/h5-7,10-13,20,23-24H,1-4,8-9,14-18H2. The van der Waals surface area contributed by atoms with Crippen molar-refractivity contribution in [3.63, 3.8) is 0 Å². The van der Waals surface area contributed by atoms with Gasteiger partial charge in [-0.15, -0.1) is 0 Å². The van der Waals surface area contributed by atoms with Crippen molar-refractivity contribution in [2.24, 2.45) is 5.92 Å². The first-order valence-corrected chi connectivity index (χ1v) is 10.3. The molecule has 1 saturated heterocycles. The second-order valence-corrected chi connectivity index (χ2v) is 7.98. The Labute approximate surface area is 152 Å². The summed E-state index contributed by atoms with van der Waals surface area (Å²) in [5.74, 6) is 1.53. The highest BCUT2D eigenvalue weighted by Gasteiger charge is 2.27. The maximum atomic E-state index is 3.51. The van der Waals surface area contributed by atoms with Crippen LogP contribution in [0.3, 0.4) is 0 Å². The lowest BCUT2D eigenvalue weighted by Crippen LogP contribution is -2.45. The molecule has 2 aromatic rings. The van der Waals surface area contributed by atoms with Crippen molar-refractivity contribution in [2.75, 3.05) is 32.7 Å². The minimum atomic E-state index is 0.683. The number of rotatable bonds is 4. The third-order valence-corrected chi connectivity index (χ3v) is 6.36. The molecular formula is C23H32N2. The molecule has 1 unspecified atom stereocenters. The molecule has 0 radical (unpaired) electrons. The average Bonchev–Trinajstić information content (AvgIpc) is 2.96. The van der Waals surface area contributed by atoms with Gasteiger partial charge in [-0.25, -0.2) is 0 Å². The molecule has 4 rings (SSSR count). The zero-order chi connectivity index (χ0) is 16.9. The third kappa shape index (κ3) is 4.07. The molecule has 0 bridgehead atoms. The van der Waals surface area contributed by atoms with Gasteiger partial charge in [-0.05, 0) is 35.1 Å². The molecule has 1 aliphatic heterocycles. The van der Waals surface area contributed by atoms with Crippen molar-refractivity contribution in [2.45, 2.75) is 44.4 Å². The fourth-order valence-corrected chi connectivity index (χ4v) is 4.96. The number of piperazine rings is 1. The van der Waals surface area contributed by atoms with Crippen LogP contribution in [0.4, 0.5) is 0 Å². The topological polar surface area (TPSA) is 15.3 Å². The van der Waals surface area contributed by atoms with Gasteiger partial charge in [0.2, 0.25) is 0 Å². The number of nitrogens with one attached hydrogen (secondary N) is 1. The summed E-state index contributed by atoms with van der Waals surface area (Å²) in [5.41, 5.74) is 1.60. The summed E-state index contributed by atoms with van der Waals surface area (Å²) in [4.78, 5) is 2.70. The van der Waals surface area contributed by atoms with Gasteiger partial charge in [-0.2, -0.15) is 0 Å². The van der Waals surface area contributed by atoms with Crippen LogP contribution >= 0.6 is 0 Å². The summed E-state index contributed by atoms with van der Waals surface area (Å²) < 4.78 is 0. The quantitative estimate of drug-likeness (QED) is 0.807. The molecule has 1 atom stereocenters. The fraction of sp³-hybridized carbons (Fsp3) is 0.565. The van der Waals surface area contributed by atoms with Crippen LogP contribution in [0.25, 0.3) is 10.8 Å². The smallest absolute Gasteiger partial charge is 0.0108 e. The summed E-state index contributed by atoms with van der Waals surface area (Å²) >= 11 is 0. The number of benzene rings is 2. The monoisotopic (exact) mass is 336 g/mol. The van der Waals surface area contributed by atoms with E-state index in [4.69, 9.17) is 0 Å². The third-order valence-electron chi connectivity index (χ3n) is 6.36. The van der Waals surface area contributed by atoms with Gasteiger partial charge in [-0.3, -0.25) is 0 Å². The molecule has 2 fully saturated rings. The first-order valence-electron chi connectivity index (χ1n) is 10.3. The van der Waals surface area contributed by atoms with Gasteiger partial charge in [-0.1, -0.05) is 68.1 Å². The van der Waals surface area contributed by atoms with E-state index in [2.05, 4.69) is 52.7 Å². The van der Waals surface area contributed by atoms with Crippen LogP contribution in [0.15, 0.2) is 42.5 Å². The summed E-state index contributed by atoms with van der Waals surface area (Å²) in [6.45, 7) is 5.93. The van der Waals surface area contributed by atoms with Crippen LogP contribution in [0.5, 0.6) is 0 Å². The first kappa shape index (κ1) is 17.1. The lowest BCUT2D eigenvalue weighted by molar-refractivity contribution is 0.199. The molecular weight excluding hydrogens is 304 g/mol. The van der Waals surface area contributed by atoms with E-state index in [1.165, 1.54) is 68.9 Å². The Morgan fingerprint density at radius 1 is 0.880 bits per heavy atom. The van der Waals surface area contributed by atoms with E-state index in [0.29, 0.717) is 5.92 Å². The highest BCUT2D eigenvalue weighted by Crippen LogP contribution is 2.38. The Kier molecular flexibility index (Phi) is 5.68. The fourth-order valence-electron chi connectivity index (χ4n) is 4.96. The van der Waals surface area contributed by atoms with E-state index in [1.807, 2.05) is 0 Å². The second-order valence-electron chi connectivity index (χ2n) is 7.98. The zero-order valence-corrected chi connectivity index (χ0v) is 15.4. The molecule has 2 nitrogen and oxygen atoms in total. The molecule has 0 amide bonds. The van der Waals surface area contributed by atoms with Gasteiger partial charge in [0, 0.05) is 38.6 Å². The van der Waals surface area contributed by atoms with Crippen molar-refractivity contribution in [3.8, 4) is 0 Å². The summed E-state index contributed by atoms with van der Waals surface area (Å²) in [5, 5.41) is 6.39. The molecule has 0 aromatic heterocycles. The molecule has 134 valence electrons. The molecule has 1 N–H and O–H groups in total. The first-order chi connectivity index (χ1) is 12.4. The van der Waals surface area contributed by atoms with E-state index in [0.717, 1.165) is 19.0 Å². The van der Waals surface area contributed by atoms with Gasteiger partial charge in [0.15, 0.2) is 0 Å². The van der Waals surface area contributed by atoms with E-state index >= 15 is 0 Å². The van der Waals surface area contributed by atoms with Crippen LogP contribution in [0, 0.1) is 5.92 Å². The molecule has 2 heteroatoms. The number of fused-ring (bicyclic) bond motifs is 1. The van der Waals surface area contributed by atoms with E-state index < -0.39 is 0 Å². The number of nitrogens with zero attached hydrogens (tertiary/aromatic N) is 1. The second kappa shape index (κ2) is 8.33. The molecule has 1 heterocycles. The maximum absolute atomic E-state index is 3.51. The van der Waals surface area contributed by atoms with Gasteiger partial charge in [0.05, 0.1) is 0 Å². The van der Waals surface area contributed by atoms with Crippen LogP contribution < -0.4 is 5.32 Å². The zero-order valence-electron chi connectivity index (χ0n) is 15.4. The largest absolute Gasteiger partial charge is 0.314 e. The van der Waals surface area contributed by atoms with Crippen LogP contribution in [-0.4, -0.2) is 37.6 Å². The summed E-state index contributed by atoms with van der Waals surface area (Å²) in [7, 11) is 0. The molecule has 1 aliphatic carbocycles. The minimum Gasteiger partial charge on any atom is -0.314 e. The lowest BCUT2D eigenvalue weighted by Gasteiger charge is -2.35.